The lowest BCUT2D eigenvalue weighted by Crippen LogP contribution is -2.14. The van der Waals surface area contributed by atoms with E-state index in [-0.39, 0.29) is 12.3 Å². The van der Waals surface area contributed by atoms with Crippen molar-refractivity contribution in [2.75, 3.05) is 12.4 Å². The van der Waals surface area contributed by atoms with E-state index in [1.165, 1.54) is 6.26 Å². The molecule has 112 valence electrons. The Kier molecular flexibility index (Phi) is 3.86. The van der Waals surface area contributed by atoms with Gasteiger partial charge in [0, 0.05) is 17.7 Å². The number of amides is 1. The monoisotopic (exact) mass is 299 g/mol. The molecule has 0 radical (unpaired) electrons. The van der Waals surface area contributed by atoms with Crippen molar-refractivity contribution in [1.29, 1.82) is 0 Å². The molecule has 7 heteroatoms. The van der Waals surface area contributed by atoms with E-state index >= 15 is 0 Å². The van der Waals surface area contributed by atoms with Gasteiger partial charge in [0.05, 0.1) is 19.2 Å². The molecule has 3 aromatic rings. The number of carbonyl (C=O) groups excluding carboxylic acids is 1. The van der Waals surface area contributed by atoms with Gasteiger partial charge in [0.1, 0.15) is 12.0 Å². The number of nitrogens with zero attached hydrogens (tertiary/aromatic N) is 2. The highest BCUT2D eigenvalue weighted by Gasteiger charge is 2.12. The van der Waals surface area contributed by atoms with E-state index < -0.39 is 0 Å². The topological polar surface area (TPSA) is 90.4 Å². The van der Waals surface area contributed by atoms with Crippen molar-refractivity contribution in [3.8, 4) is 17.1 Å². The Hall–Kier alpha value is -3.09. The van der Waals surface area contributed by atoms with Crippen LogP contribution < -0.4 is 10.1 Å². The maximum absolute atomic E-state index is 11.8. The van der Waals surface area contributed by atoms with Crippen molar-refractivity contribution >= 4 is 11.7 Å². The Morgan fingerprint density at radius 1 is 1.27 bits per heavy atom. The van der Waals surface area contributed by atoms with Crippen LogP contribution >= 0.6 is 0 Å². The van der Waals surface area contributed by atoms with Crippen LogP contribution in [0.5, 0.6) is 5.75 Å². The minimum Gasteiger partial charge on any atom is -0.497 e. The summed E-state index contributed by atoms with van der Waals surface area (Å²) in [6, 6.07) is 10.7. The molecule has 0 fully saturated rings. The highest BCUT2D eigenvalue weighted by Crippen LogP contribution is 2.24. The summed E-state index contributed by atoms with van der Waals surface area (Å²) >= 11 is 0. The van der Waals surface area contributed by atoms with Gasteiger partial charge in [0.15, 0.2) is 11.6 Å². The van der Waals surface area contributed by atoms with Crippen molar-refractivity contribution in [1.82, 2.24) is 10.3 Å². The van der Waals surface area contributed by atoms with Gasteiger partial charge in [-0.25, -0.2) is 0 Å². The van der Waals surface area contributed by atoms with E-state index in [4.69, 9.17) is 9.26 Å². The van der Waals surface area contributed by atoms with Gasteiger partial charge in [-0.1, -0.05) is 22.4 Å². The highest BCUT2D eigenvalue weighted by molar-refractivity contribution is 5.91. The van der Waals surface area contributed by atoms with Crippen LogP contribution in [0.2, 0.25) is 0 Å². The van der Waals surface area contributed by atoms with Gasteiger partial charge in [-0.3, -0.25) is 4.79 Å². The summed E-state index contributed by atoms with van der Waals surface area (Å²) in [5.74, 6) is 1.41. The SMILES string of the molecule is COc1cccc(-c2cc(CC(=O)Nc3ccon3)no2)c1. The van der Waals surface area contributed by atoms with E-state index in [0.29, 0.717) is 17.3 Å². The molecule has 22 heavy (non-hydrogen) atoms. The molecule has 0 unspecified atom stereocenters. The molecule has 0 saturated heterocycles. The number of nitrogens with one attached hydrogen (secondary N) is 1. The Morgan fingerprint density at radius 3 is 2.95 bits per heavy atom. The second-order valence-electron chi connectivity index (χ2n) is 4.52. The lowest BCUT2D eigenvalue weighted by molar-refractivity contribution is -0.115. The number of hydrogen-bond donors (Lipinski definition) is 1. The first-order valence-electron chi connectivity index (χ1n) is 6.55. The molecule has 2 aromatic heterocycles. The van der Waals surface area contributed by atoms with Crippen molar-refractivity contribution < 1.29 is 18.6 Å². The van der Waals surface area contributed by atoms with E-state index in [2.05, 4.69) is 20.2 Å². The molecule has 1 aromatic carbocycles. The molecular formula is C15H13N3O4. The third-order valence-corrected chi connectivity index (χ3v) is 2.96. The van der Waals surface area contributed by atoms with Crippen LogP contribution in [0.3, 0.4) is 0 Å². The molecule has 0 spiro atoms. The van der Waals surface area contributed by atoms with E-state index in [0.717, 1.165) is 11.3 Å². The second-order valence-corrected chi connectivity index (χ2v) is 4.52. The molecule has 0 aliphatic carbocycles. The van der Waals surface area contributed by atoms with Gasteiger partial charge in [-0.05, 0) is 12.1 Å². The van der Waals surface area contributed by atoms with Crippen molar-refractivity contribution in [2.24, 2.45) is 0 Å². The third kappa shape index (κ3) is 3.14. The summed E-state index contributed by atoms with van der Waals surface area (Å²) in [4.78, 5) is 11.8. The van der Waals surface area contributed by atoms with Gasteiger partial charge in [-0.15, -0.1) is 0 Å². The number of carbonyl (C=O) groups is 1. The first-order valence-corrected chi connectivity index (χ1v) is 6.55. The summed E-state index contributed by atoms with van der Waals surface area (Å²) in [5, 5.41) is 10.1. The standard InChI is InChI=1S/C15H13N3O4/c1-20-12-4-2-3-10(7-12)13-8-11(17-22-13)9-15(19)16-14-5-6-21-18-14/h2-8H,9H2,1H3,(H,16,18,19). The molecule has 2 heterocycles. The zero-order chi connectivity index (χ0) is 15.4. The maximum Gasteiger partial charge on any atom is 0.231 e. The quantitative estimate of drug-likeness (QED) is 0.778. The zero-order valence-electron chi connectivity index (χ0n) is 11.8. The van der Waals surface area contributed by atoms with E-state index in [9.17, 15) is 4.79 Å². The first kappa shape index (κ1) is 13.9. The molecule has 1 N–H and O–H groups in total. The number of benzene rings is 1. The number of anilines is 1. The van der Waals surface area contributed by atoms with Crippen molar-refractivity contribution in [3.63, 3.8) is 0 Å². The molecule has 1 amide bonds. The lowest BCUT2D eigenvalue weighted by Gasteiger charge is -2.00. The normalized spacial score (nSPS) is 10.4. The van der Waals surface area contributed by atoms with Crippen LogP contribution in [0.15, 0.2) is 51.7 Å². The van der Waals surface area contributed by atoms with Crippen molar-refractivity contribution in [2.45, 2.75) is 6.42 Å². The number of methoxy groups -OCH3 is 1. The minimum absolute atomic E-state index is 0.0837. The first-order chi connectivity index (χ1) is 10.7. The predicted octanol–water partition coefficient (Wildman–Crippen LogP) is 2.52. The molecule has 3 rings (SSSR count). The number of aromatic nitrogens is 2. The molecule has 0 aliphatic rings. The average Bonchev–Trinajstić information content (AvgIpc) is 3.19. The molecule has 0 bridgehead atoms. The Bertz CT molecular complexity index is 765. The fraction of sp³-hybridized carbons (Fsp3) is 0.133. The Labute approximate surface area is 125 Å². The summed E-state index contributed by atoms with van der Waals surface area (Å²) in [6.07, 6.45) is 1.47. The fourth-order valence-electron chi connectivity index (χ4n) is 1.94. The highest BCUT2D eigenvalue weighted by atomic mass is 16.5. The fourth-order valence-corrected chi connectivity index (χ4v) is 1.94. The van der Waals surface area contributed by atoms with Crippen LogP contribution in [-0.2, 0) is 11.2 Å². The molecular weight excluding hydrogens is 286 g/mol. The van der Waals surface area contributed by atoms with Gasteiger partial charge < -0.3 is 19.1 Å². The van der Waals surface area contributed by atoms with Crippen LogP contribution in [-0.4, -0.2) is 23.3 Å². The average molecular weight is 299 g/mol. The number of rotatable bonds is 5. The summed E-state index contributed by atoms with van der Waals surface area (Å²) in [5.41, 5.74) is 1.36. The van der Waals surface area contributed by atoms with Crippen LogP contribution in [0.4, 0.5) is 5.82 Å². The van der Waals surface area contributed by atoms with Crippen molar-refractivity contribution in [3.05, 3.63) is 48.4 Å². The van der Waals surface area contributed by atoms with Crippen LogP contribution in [0, 0.1) is 0 Å². The Morgan fingerprint density at radius 2 is 2.18 bits per heavy atom. The smallest absolute Gasteiger partial charge is 0.231 e. The predicted molar refractivity (Wildman–Crippen MR) is 77.3 cm³/mol. The minimum atomic E-state index is -0.251. The van der Waals surface area contributed by atoms with E-state index in [1.54, 1.807) is 19.2 Å². The summed E-state index contributed by atoms with van der Waals surface area (Å²) in [6.45, 7) is 0. The summed E-state index contributed by atoms with van der Waals surface area (Å²) in [7, 11) is 1.60. The number of hydrogen-bond acceptors (Lipinski definition) is 6. The van der Waals surface area contributed by atoms with Crippen LogP contribution in [0.25, 0.3) is 11.3 Å². The molecule has 0 saturated carbocycles. The van der Waals surface area contributed by atoms with E-state index in [1.807, 2.05) is 24.3 Å². The Balaban J connectivity index is 1.69. The third-order valence-electron chi connectivity index (χ3n) is 2.96. The summed E-state index contributed by atoms with van der Waals surface area (Å²) < 4.78 is 15.1. The largest absolute Gasteiger partial charge is 0.497 e. The maximum atomic E-state index is 11.8. The van der Waals surface area contributed by atoms with Crippen LogP contribution in [0.1, 0.15) is 5.69 Å². The molecule has 7 nitrogen and oxygen atoms in total. The number of ether oxygens (including phenoxy) is 1. The van der Waals surface area contributed by atoms with Gasteiger partial charge in [0.2, 0.25) is 5.91 Å². The molecule has 0 aliphatic heterocycles. The lowest BCUT2D eigenvalue weighted by atomic mass is 10.1. The van der Waals surface area contributed by atoms with Gasteiger partial charge in [-0.2, -0.15) is 0 Å². The zero-order valence-corrected chi connectivity index (χ0v) is 11.8. The van der Waals surface area contributed by atoms with Gasteiger partial charge in [0.25, 0.3) is 0 Å². The molecule has 0 atom stereocenters. The van der Waals surface area contributed by atoms with Gasteiger partial charge >= 0.3 is 0 Å². The second kappa shape index (κ2) is 6.13.